The Morgan fingerprint density at radius 1 is 1.32 bits per heavy atom. The molecule has 0 aliphatic carbocycles. The van der Waals surface area contributed by atoms with Crippen LogP contribution in [0.3, 0.4) is 0 Å². The molecule has 0 aromatic carbocycles. The summed E-state index contributed by atoms with van der Waals surface area (Å²) in [6.45, 7) is 3.30. The van der Waals surface area contributed by atoms with Gasteiger partial charge in [-0.2, -0.15) is 0 Å². The molecule has 0 radical (unpaired) electrons. The number of aliphatic carboxylic acids is 1. The quantitative estimate of drug-likeness (QED) is 0.811. The first kappa shape index (κ1) is 13.3. The predicted octanol–water partition coefficient (Wildman–Crippen LogP) is 0.280. The predicted molar refractivity (Wildman–Crippen MR) is 68.0 cm³/mol. The Morgan fingerprint density at radius 3 is 2.53 bits per heavy atom. The van der Waals surface area contributed by atoms with E-state index in [1.165, 1.54) is 6.92 Å². The lowest BCUT2D eigenvalue weighted by Crippen LogP contribution is -2.38. The number of nitrogens with zero attached hydrogens (tertiary/aromatic N) is 3. The Labute approximate surface area is 110 Å². The van der Waals surface area contributed by atoms with Gasteiger partial charge in [-0.1, -0.05) is 0 Å². The minimum atomic E-state index is -1.09. The topological polar surface area (TPSA) is 95.4 Å². The van der Waals surface area contributed by atoms with Gasteiger partial charge in [-0.05, 0) is 31.9 Å². The Kier molecular flexibility index (Phi) is 3.94. The van der Waals surface area contributed by atoms with Gasteiger partial charge in [0.1, 0.15) is 6.04 Å². The van der Waals surface area contributed by atoms with Crippen LogP contribution in [0, 0.1) is 0 Å². The van der Waals surface area contributed by atoms with Gasteiger partial charge in [0.2, 0.25) is 0 Å². The van der Waals surface area contributed by atoms with Crippen LogP contribution < -0.4 is 10.2 Å². The third-order valence-electron chi connectivity index (χ3n) is 3.03. The fraction of sp³-hybridized carbons (Fsp3) is 0.500. The van der Waals surface area contributed by atoms with E-state index in [9.17, 15) is 9.59 Å². The number of hydrogen-bond donors (Lipinski definition) is 2. The molecule has 1 fully saturated rings. The second-order valence-electron chi connectivity index (χ2n) is 4.50. The number of nitrogens with one attached hydrogen (secondary N) is 1. The molecule has 1 aromatic rings. The zero-order valence-corrected chi connectivity index (χ0v) is 10.7. The summed E-state index contributed by atoms with van der Waals surface area (Å²) in [5.41, 5.74) is 0.121. The molecule has 1 saturated heterocycles. The second-order valence-corrected chi connectivity index (χ2v) is 4.50. The van der Waals surface area contributed by atoms with E-state index >= 15 is 0 Å². The summed E-state index contributed by atoms with van der Waals surface area (Å²) in [6, 6.07) is 2.34. The Balaban J connectivity index is 2.01. The molecule has 1 aliphatic heterocycles. The molecule has 7 heteroatoms. The molecule has 1 amide bonds. The van der Waals surface area contributed by atoms with Crippen molar-refractivity contribution in [1.82, 2.24) is 15.5 Å². The fourth-order valence-corrected chi connectivity index (χ4v) is 1.89. The van der Waals surface area contributed by atoms with Crippen molar-refractivity contribution >= 4 is 17.7 Å². The van der Waals surface area contributed by atoms with Crippen molar-refractivity contribution in [3.05, 3.63) is 17.8 Å². The van der Waals surface area contributed by atoms with Crippen molar-refractivity contribution in [2.24, 2.45) is 0 Å². The zero-order chi connectivity index (χ0) is 13.8. The third-order valence-corrected chi connectivity index (χ3v) is 3.03. The fourth-order valence-electron chi connectivity index (χ4n) is 1.89. The summed E-state index contributed by atoms with van der Waals surface area (Å²) in [4.78, 5) is 24.4. The maximum atomic E-state index is 11.7. The number of carbonyl (C=O) groups is 2. The van der Waals surface area contributed by atoms with E-state index in [1.807, 2.05) is 0 Å². The summed E-state index contributed by atoms with van der Waals surface area (Å²) in [5, 5.41) is 18.9. The lowest BCUT2D eigenvalue weighted by Gasteiger charge is -2.15. The van der Waals surface area contributed by atoms with Crippen LogP contribution in [0.4, 0.5) is 5.82 Å². The van der Waals surface area contributed by atoms with Crippen LogP contribution in [-0.2, 0) is 4.79 Å². The van der Waals surface area contributed by atoms with Crippen LogP contribution in [0.25, 0.3) is 0 Å². The molecule has 0 saturated carbocycles. The first-order valence-corrected chi connectivity index (χ1v) is 6.20. The molecule has 0 bridgehead atoms. The van der Waals surface area contributed by atoms with E-state index in [0.29, 0.717) is 0 Å². The molecule has 0 unspecified atom stereocenters. The van der Waals surface area contributed by atoms with Crippen molar-refractivity contribution in [2.45, 2.75) is 25.8 Å². The average molecular weight is 264 g/mol. The summed E-state index contributed by atoms with van der Waals surface area (Å²) in [6.07, 6.45) is 2.28. The highest BCUT2D eigenvalue weighted by atomic mass is 16.4. The highest BCUT2D eigenvalue weighted by molar-refractivity contribution is 5.94. The standard InChI is InChI=1S/C12H16N4O3/c1-8(12(18)19)13-11(17)9-4-5-10(15-14-9)16-6-2-3-7-16/h4-5,8H,2-3,6-7H2,1H3,(H,13,17)(H,18,19)/t8-/m1/s1. The van der Waals surface area contributed by atoms with E-state index in [1.54, 1.807) is 12.1 Å². The minimum absolute atomic E-state index is 0.121. The molecule has 1 atom stereocenters. The average Bonchev–Trinajstić information content (AvgIpc) is 2.92. The van der Waals surface area contributed by atoms with Gasteiger partial charge in [-0.15, -0.1) is 10.2 Å². The molecule has 2 rings (SSSR count). The monoisotopic (exact) mass is 264 g/mol. The van der Waals surface area contributed by atoms with Crippen molar-refractivity contribution in [2.75, 3.05) is 18.0 Å². The Bertz CT molecular complexity index is 468. The molecule has 2 heterocycles. The van der Waals surface area contributed by atoms with E-state index in [0.717, 1.165) is 31.7 Å². The Hall–Kier alpha value is -2.18. The van der Waals surface area contributed by atoms with E-state index in [-0.39, 0.29) is 5.69 Å². The number of amides is 1. The lowest BCUT2D eigenvalue weighted by atomic mass is 10.3. The molecule has 2 N–H and O–H groups in total. The SMILES string of the molecule is C[C@@H](NC(=O)c1ccc(N2CCCC2)nn1)C(=O)O. The van der Waals surface area contributed by atoms with Crippen LogP contribution in [-0.4, -0.2) is 46.3 Å². The minimum Gasteiger partial charge on any atom is -0.480 e. The van der Waals surface area contributed by atoms with Gasteiger partial charge < -0.3 is 15.3 Å². The van der Waals surface area contributed by atoms with Crippen LogP contribution in [0.5, 0.6) is 0 Å². The first-order chi connectivity index (χ1) is 9.08. The number of carboxylic acids is 1. The third kappa shape index (κ3) is 3.18. The Morgan fingerprint density at radius 2 is 2.00 bits per heavy atom. The summed E-state index contributed by atoms with van der Waals surface area (Å²) < 4.78 is 0. The highest BCUT2D eigenvalue weighted by Gasteiger charge is 2.18. The number of anilines is 1. The van der Waals surface area contributed by atoms with Gasteiger partial charge >= 0.3 is 5.97 Å². The summed E-state index contributed by atoms with van der Waals surface area (Å²) in [5.74, 6) is -0.870. The zero-order valence-electron chi connectivity index (χ0n) is 10.7. The molecule has 1 aliphatic rings. The van der Waals surface area contributed by atoms with Gasteiger partial charge in [0.15, 0.2) is 11.5 Å². The van der Waals surface area contributed by atoms with E-state index < -0.39 is 17.9 Å². The molecule has 102 valence electrons. The van der Waals surface area contributed by atoms with Gasteiger partial charge in [-0.25, -0.2) is 0 Å². The first-order valence-electron chi connectivity index (χ1n) is 6.20. The van der Waals surface area contributed by atoms with E-state index in [4.69, 9.17) is 5.11 Å². The van der Waals surface area contributed by atoms with Crippen LogP contribution >= 0.6 is 0 Å². The van der Waals surface area contributed by atoms with Gasteiger partial charge in [0.05, 0.1) is 0 Å². The van der Waals surface area contributed by atoms with Crippen molar-refractivity contribution in [3.8, 4) is 0 Å². The van der Waals surface area contributed by atoms with Crippen LogP contribution in [0.2, 0.25) is 0 Å². The number of carbonyl (C=O) groups excluding carboxylic acids is 1. The summed E-state index contributed by atoms with van der Waals surface area (Å²) in [7, 11) is 0. The van der Waals surface area contributed by atoms with Crippen molar-refractivity contribution in [1.29, 1.82) is 0 Å². The number of aromatic nitrogens is 2. The molecule has 0 spiro atoms. The molecule has 7 nitrogen and oxygen atoms in total. The number of rotatable bonds is 4. The number of carboxylic acid groups (broad SMARTS) is 1. The normalized spacial score (nSPS) is 16.2. The van der Waals surface area contributed by atoms with Gasteiger partial charge in [0, 0.05) is 13.1 Å². The largest absolute Gasteiger partial charge is 0.480 e. The number of hydrogen-bond acceptors (Lipinski definition) is 5. The van der Waals surface area contributed by atoms with Gasteiger partial charge in [-0.3, -0.25) is 9.59 Å². The molecule has 19 heavy (non-hydrogen) atoms. The second kappa shape index (κ2) is 5.64. The smallest absolute Gasteiger partial charge is 0.325 e. The van der Waals surface area contributed by atoms with Gasteiger partial charge in [0.25, 0.3) is 5.91 Å². The van der Waals surface area contributed by atoms with E-state index in [2.05, 4.69) is 20.4 Å². The maximum Gasteiger partial charge on any atom is 0.325 e. The summed E-state index contributed by atoms with van der Waals surface area (Å²) >= 11 is 0. The molecular formula is C12H16N4O3. The van der Waals surface area contributed by atoms with Crippen molar-refractivity contribution in [3.63, 3.8) is 0 Å². The maximum absolute atomic E-state index is 11.7. The lowest BCUT2D eigenvalue weighted by molar-refractivity contribution is -0.138. The molecular weight excluding hydrogens is 248 g/mol. The van der Waals surface area contributed by atoms with Crippen LogP contribution in [0.1, 0.15) is 30.3 Å². The highest BCUT2D eigenvalue weighted by Crippen LogP contribution is 2.16. The van der Waals surface area contributed by atoms with Crippen molar-refractivity contribution < 1.29 is 14.7 Å². The molecule has 1 aromatic heterocycles. The van der Waals surface area contributed by atoms with Crippen LogP contribution in [0.15, 0.2) is 12.1 Å².